The second-order valence-corrected chi connectivity index (χ2v) is 3.99. The summed E-state index contributed by atoms with van der Waals surface area (Å²) < 4.78 is 18.2. The number of ether oxygens (including phenoxy) is 1. The molecule has 2 rings (SSSR count). The van der Waals surface area contributed by atoms with Crippen LogP contribution < -0.4 is 15.8 Å². The van der Waals surface area contributed by atoms with Gasteiger partial charge in [-0.1, -0.05) is 6.07 Å². The lowest BCUT2D eigenvalue weighted by Crippen LogP contribution is -1.99. The van der Waals surface area contributed by atoms with Crippen LogP contribution in [0.25, 0.3) is 0 Å². The van der Waals surface area contributed by atoms with Crippen molar-refractivity contribution in [1.29, 1.82) is 0 Å². The van der Waals surface area contributed by atoms with E-state index in [1.165, 1.54) is 19.2 Å². The van der Waals surface area contributed by atoms with Crippen molar-refractivity contribution in [3.8, 4) is 5.75 Å². The zero-order chi connectivity index (χ0) is 13.1. The maximum atomic E-state index is 13.1. The zero-order valence-electron chi connectivity index (χ0n) is 10.3. The molecule has 2 aromatic carbocycles. The Morgan fingerprint density at radius 2 is 1.94 bits per heavy atom. The van der Waals surface area contributed by atoms with Gasteiger partial charge in [-0.3, -0.25) is 0 Å². The summed E-state index contributed by atoms with van der Waals surface area (Å²) in [5, 5.41) is 3.19. The van der Waals surface area contributed by atoms with Crippen LogP contribution in [0.2, 0.25) is 0 Å². The number of nitrogen functional groups attached to an aromatic ring is 1. The standard InChI is InChI=1S/C14H15FN2O/c1-9-11(16)4-3-5-12(9)17-13-7-6-10(15)8-14(13)18-2/h3-8,17H,16H2,1-2H3. The van der Waals surface area contributed by atoms with Crippen molar-refractivity contribution < 1.29 is 9.13 Å². The quantitative estimate of drug-likeness (QED) is 0.815. The minimum Gasteiger partial charge on any atom is -0.494 e. The van der Waals surface area contributed by atoms with Crippen LogP contribution in [0.15, 0.2) is 36.4 Å². The lowest BCUT2D eigenvalue weighted by Gasteiger charge is -2.14. The van der Waals surface area contributed by atoms with E-state index in [0.29, 0.717) is 17.1 Å². The van der Waals surface area contributed by atoms with Crippen LogP contribution in [0.5, 0.6) is 5.75 Å². The SMILES string of the molecule is COc1cc(F)ccc1Nc1cccc(N)c1C. The fourth-order valence-corrected chi connectivity index (χ4v) is 1.70. The summed E-state index contributed by atoms with van der Waals surface area (Å²) in [6.45, 7) is 1.92. The monoisotopic (exact) mass is 246 g/mol. The first-order valence-corrected chi connectivity index (χ1v) is 5.57. The molecule has 0 bridgehead atoms. The third-order valence-electron chi connectivity index (χ3n) is 2.81. The van der Waals surface area contributed by atoms with Gasteiger partial charge in [0.1, 0.15) is 11.6 Å². The molecule has 0 saturated carbocycles. The summed E-state index contributed by atoms with van der Waals surface area (Å²) in [5.41, 5.74) is 9.07. The molecule has 94 valence electrons. The van der Waals surface area contributed by atoms with Gasteiger partial charge < -0.3 is 15.8 Å². The van der Waals surface area contributed by atoms with E-state index in [9.17, 15) is 4.39 Å². The second-order valence-electron chi connectivity index (χ2n) is 3.99. The fraction of sp³-hybridized carbons (Fsp3) is 0.143. The second kappa shape index (κ2) is 4.96. The highest BCUT2D eigenvalue weighted by molar-refractivity contribution is 5.72. The van der Waals surface area contributed by atoms with Crippen molar-refractivity contribution in [1.82, 2.24) is 0 Å². The molecule has 0 aliphatic carbocycles. The molecule has 0 saturated heterocycles. The summed E-state index contributed by atoms with van der Waals surface area (Å²) in [6.07, 6.45) is 0. The van der Waals surface area contributed by atoms with Gasteiger partial charge in [-0.25, -0.2) is 4.39 Å². The van der Waals surface area contributed by atoms with E-state index in [2.05, 4.69) is 5.32 Å². The smallest absolute Gasteiger partial charge is 0.145 e. The van der Waals surface area contributed by atoms with Crippen LogP contribution in [0.1, 0.15) is 5.56 Å². The van der Waals surface area contributed by atoms with Crippen LogP contribution in [0.4, 0.5) is 21.5 Å². The van der Waals surface area contributed by atoms with E-state index < -0.39 is 0 Å². The van der Waals surface area contributed by atoms with Crippen molar-refractivity contribution in [2.24, 2.45) is 0 Å². The number of hydrogen-bond acceptors (Lipinski definition) is 3. The number of methoxy groups -OCH3 is 1. The molecule has 0 spiro atoms. The van der Waals surface area contributed by atoms with Crippen molar-refractivity contribution in [3.05, 3.63) is 47.8 Å². The van der Waals surface area contributed by atoms with Crippen molar-refractivity contribution in [2.45, 2.75) is 6.92 Å². The predicted octanol–water partition coefficient (Wildman–Crippen LogP) is 3.47. The Bertz CT molecular complexity index is 570. The zero-order valence-corrected chi connectivity index (χ0v) is 10.3. The predicted molar refractivity (Wildman–Crippen MR) is 71.8 cm³/mol. The van der Waals surface area contributed by atoms with E-state index in [0.717, 1.165) is 11.3 Å². The van der Waals surface area contributed by atoms with E-state index >= 15 is 0 Å². The molecule has 0 aliphatic heterocycles. The molecule has 0 radical (unpaired) electrons. The number of benzene rings is 2. The topological polar surface area (TPSA) is 47.3 Å². The molecular formula is C14H15FN2O. The van der Waals surface area contributed by atoms with Crippen LogP contribution in [-0.2, 0) is 0 Å². The van der Waals surface area contributed by atoms with Crippen LogP contribution >= 0.6 is 0 Å². The molecule has 0 fully saturated rings. The highest BCUT2D eigenvalue weighted by atomic mass is 19.1. The van der Waals surface area contributed by atoms with Crippen molar-refractivity contribution >= 4 is 17.1 Å². The largest absolute Gasteiger partial charge is 0.494 e. The Balaban J connectivity index is 2.37. The molecule has 0 unspecified atom stereocenters. The van der Waals surface area contributed by atoms with Gasteiger partial charge in [0.15, 0.2) is 0 Å². The van der Waals surface area contributed by atoms with Gasteiger partial charge in [0, 0.05) is 17.4 Å². The number of hydrogen-bond donors (Lipinski definition) is 2. The molecule has 18 heavy (non-hydrogen) atoms. The molecule has 0 atom stereocenters. The minimum atomic E-state index is -0.332. The van der Waals surface area contributed by atoms with Gasteiger partial charge in [0.25, 0.3) is 0 Å². The van der Waals surface area contributed by atoms with E-state index in [1.807, 2.05) is 25.1 Å². The molecule has 0 aliphatic rings. The highest BCUT2D eigenvalue weighted by Gasteiger charge is 2.07. The summed E-state index contributed by atoms with van der Waals surface area (Å²) in [6, 6.07) is 9.96. The Hall–Kier alpha value is -2.23. The third kappa shape index (κ3) is 2.37. The Labute approximate surface area is 105 Å². The number of nitrogens with one attached hydrogen (secondary N) is 1. The van der Waals surface area contributed by atoms with Crippen molar-refractivity contribution in [2.75, 3.05) is 18.2 Å². The molecule has 4 heteroatoms. The number of halogens is 1. The molecule has 3 nitrogen and oxygen atoms in total. The molecule has 3 N–H and O–H groups in total. The van der Waals surface area contributed by atoms with Gasteiger partial charge in [0.2, 0.25) is 0 Å². The molecule has 0 amide bonds. The first-order chi connectivity index (χ1) is 8.61. The van der Waals surface area contributed by atoms with Crippen LogP contribution in [-0.4, -0.2) is 7.11 Å². The Morgan fingerprint density at radius 1 is 1.17 bits per heavy atom. The lowest BCUT2D eigenvalue weighted by molar-refractivity contribution is 0.413. The Morgan fingerprint density at radius 3 is 2.67 bits per heavy atom. The summed E-state index contributed by atoms with van der Waals surface area (Å²) in [5.74, 6) is 0.124. The van der Waals surface area contributed by atoms with Gasteiger partial charge in [0.05, 0.1) is 12.8 Å². The van der Waals surface area contributed by atoms with Crippen LogP contribution in [0.3, 0.4) is 0 Å². The summed E-state index contributed by atoms with van der Waals surface area (Å²) >= 11 is 0. The van der Waals surface area contributed by atoms with Crippen LogP contribution in [0, 0.1) is 12.7 Å². The van der Waals surface area contributed by atoms with Gasteiger partial charge in [-0.15, -0.1) is 0 Å². The number of nitrogens with two attached hydrogens (primary N) is 1. The van der Waals surface area contributed by atoms with Crippen molar-refractivity contribution in [3.63, 3.8) is 0 Å². The van der Waals surface area contributed by atoms with E-state index in [4.69, 9.17) is 10.5 Å². The molecule has 2 aromatic rings. The molecule has 0 heterocycles. The average molecular weight is 246 g/mol. The summed E-state index contributed by atoms with van der Waals surface area (Å²) in [4.78, 5) is 0. The van der Waals surface area contributed by atoms with Gasteiger partial charge >= 0.3 is 0 Å². The first kappa shape index (κ1) is 12.2. The maximum Gasteiger partial charge on any atom is 0.145 e. The lowest BCUT2D eigenvalue weighted by atomic mass is 10.1. The van der Waals surface area contributed by atoms with E-state index in [-0.39, 0.29) is 5.82 Å². The molecule has 0 aromatic heterocycles. The Kier molecular flexibility index (Phi) is 3.37. The molecular weight excluding hydrogens is 231 g/mol. The first-order valence-electron chi connectivity index (χ1n) is 5.57. The average Bonchev–Trinajstić information content (AvgIpc) is 2.37. The van der Waals surface area contributed by atoms with E-state index in [1.54, 1.807) is 6.07 Å². The maximum absolute atomic E-state index is 13.1. The summed E-state index contributed by atoms with van der Waals surface area (Å²) in [7, 11) is 1.51. The normalized spacial score (nSPS) is 10.2. The minimum absolute atomic E-state index is 0.332. The third-order valence-corrected chi connectivity index (χ3v) is 2.81. The van der Waals surface area contributed by atoms with Gasteiger partial charge in [-0.2, -0.15) is 0 Å². The number of anilines is 3. The fourth-order valence-electron chi connectivity index (χ4n) is 1.70. The highest BCUT2D eigenvalue weighted by Crippen LogP contribution is 2.30. The van der Waals surface area contributed by atoms with Gasteiger partial charge in [-0.05, 0) is 36.8 Å². The number of rotatable bonds is 3.